The molecule has 2 heterocycles. The molecule has 0 saturated carbocycles. The number of piperidine rings is 2. The highest BCUT2D eigenvalue weighted by Gasteiger charge is 2.74. The average molecular weight is 616 g/mol. The molecule has 2 aromatic carbocycles. The zero-order valence-electron chi connectivity index (χ0n) is 23.5. The van der Waals surface area contributed by atoms with Crippen molar-refractivity contribution in [1.82, 2.24) is 9.80 Å². The second kappa shape index (κ2) is 12.4. The summed E-state index contributed by atoms with van der Waals surface area (Å²) in [5, 5.41) is 11.2. The summed E-state index contributed by atoms with van der Waals surface area (Å²) < 4.78 is 69.5. The summed E-state index contributed by atoms with van der Waals surface area (Å²) >= 11 is 6.37. The average Bonchev–Trinajstić information content (AvgIpc) is 2.96. The molecule has 0 unspecified atom stereocenters. The molecule has 6 nitrogen and oxygen atoms in total. The maximum absolute atomic E-state index is 14.7. The molecule has 0 aromatic heterocycles. The first kappa shape index (κ1) is 32.0. The Bertz CT molecular complexity index is 1260. The van der Waals surface area contributed by atoms with Crippen LogP contribution in [0.5, 0.6) is 0 Å². The van der Waals surface area contributed by atoms with Crippen molar-refractivity contribution in [3.8, 4) is 0 Å². The lowest BCUT2D eigenvalue weighted by Crippen LogP contribution is -2.63. The van der Waals surface area contributed by atoms with Crippen molar-refractivity contribution in [2.24, 2.45) is 11.8 Å². The van der Waals surface area contributed by atoms with E-state index in [2.05, 4.69) is 4.90 Å². The standard InChI is InChI=1S/C30H35ClF5N3O3/c1-37(2)26(40)24-9-8-23(19-25(24)31)38-14-10-20(11-15-38)18-21-12-16-39(17-13-21)27(41)28(42,22-6-4-3-5-7-22)29(32,33)30(34,35)36/h3-9,19-21,42H,10-18H2,1-2H3/t28-/m1/s1. The van der Waals surface area contributed by atoms with Crippen LogP contribution in [0.2, 0.25) is 5.02 Å². The molecule has 1 atom stereocenters. The number of amides is 2. The van der Waals surface area contributed by atoms with E-state index in [0.29, 0.717) is 29.3 Å². The van der Waals surface area contributed by atoms with E-state index < -0.39 is 29.2 Å². The topological polar surface area (TPSA) is 64.1 Å². The normalized spacial score (nSPS) is 19.0. The van der Waals surface area contributed by atoms with E-state index in [1.54, 1.807) is 26.2 Å². The first-order valence-electron chi connectivity index (χ1n) is 13.9. The lowest BCUT2D eigenvalue weighted by Gasteiger charge is -2.42. The van der Waals surface area contributed by atoms with Gasteiger partial charge in [-0.2, -0.15) is 22.0 Å². The number of benzene rings is 2. The van der Waals surface area contributed by atoms with Gasteiger partial charge in [-0.05, 0) is 67.7 Å². The van der Waals surface area contributed by atoms with Crippen LogP contribution in [0.1, 0.15) is 48.0 Å². The fraction of sp³-hybridized carbons (Fsp3) is 0.533. The molecule has 2 amide bonds. The van der Waals surface area contributed by atoms with Crippen LogP contribution in [0, 0.1) is 11.8 Å². The Hall–Kier alpha value is -2.92. The van der Waals surface area contributed by atoms with Crippen LogP contribution in [0.25, 0.3) is 0 Å². The van der Waals surface area contributed by atoms with Gasteiger partial charge in [0.25, 0.3) is 11.8 Å². The molecule has 4 rings (SSSR count). The number of likely N-dealkylation sites (tertiary alicyclic amines) is 1. The molecule has 0 radical (unpaired) electrons. The van der Waals surface area contributed by atoms with Gasteiger partial charge in [-0.3, -0.25) is 9.59 Å². The molecular formula is C30H35ClF5N3O3. The van der Waals surface area contributed by atoms with Crippen LogP contribution in [0.15, 0.2) is 48.5 Å². The Labute approximate surface area is 247 Å². The van der Waals surface area contributed by atoms with Crippen LogP contribution >= 0.6 is 11.6 Å². The minimum absolute atomic E-state index is 0.0120. The number of nitrogens with zero attached hydrogens (tertiary/aromatic N) is 3. The fourth-order valence-electron chi connectivity index (χ4n) is 5.94. The second-order valence-electron chi connectivity index (χ2n) is 11.4. The molecule has 0 bridgehead atoms. The third kappa shape index (κ3) is 6.22. The van der Waals surface area contributed by atoms with Crippen LogP contribution < -0.4 is 4.90 Å². The van der Waals surface area contributed by atoms with Gasteiger partial charge in [-0.25, -0.2) is 0 Å². The number of rotatable bonds is 7. The number of anilines is 1. The number of carbonyl (C=O) groups excluding carboxylic acids is 2. The lowest BCUT2D eigenvalue weighted by atomic mass is 9.81. The van der Waals surface area contributed by atoms with Crippen LogP contribution in [-0.2, 0) is 10.4 Å². The van der Waals surface area contributed by atoms with Gasteiger partial charge in [-0.1, -0.05) is 41.9 Å². The molecule has 42 heavy (non-hydrogen) atoms. The molecule has 0 aliphatic carbocycles. The number of aliphatic hydroxyl groups is 1. The number of alkyl halides is 5. The lowest BCUT2D eigenvalue weighted by molar-refractivity contribution is -0.339. The molecule has 2 aliphatic rings. The molecule has 230 valence electrons. The largest absolute Gasteiger partial charge is 0.457 e. The fourth-order valence-corrected chi connectivity index (χ4v) is 6.19. The van der Waals surface area contributed by atoms with Gasteiger partial charge in [0.05, 0.1) is 10.6 Å². The predicted octanol–water partition coefficient (Wildman–Crippen LogP) is 5.97. The summed E-state index contributed by atoms with van der Waals surface area (Å²) in [6.45, 7) is 1.55. The maximum atomic E-state index is 14.7. The highest BCUT2D eigenvalue weighted by molar-refractivity contribution is 6.34. The van der Waals surface area contributed by atoms with Gasteiger partial charge in [0.1, 0.15) is 0 Å². The van der Waals surface area contributed by atoms with Crippen molar-refractivity contribution in [3.05, 3.63) is 64.7 Å². The summed E-state index contributed by atoms with van der Waals surface area (Å²) in [4.78, 5) is 30.0. The monoisotopic (exact) mass is 615 g/mol. The first-order valence-corrected chi connectivity index (χ1v) is 14.3. The quantitative estimate of drug-likeness (QED) is 0.390. The van der Waals surface area contributed by atoms with Crippen molar-refractivity contribution in [3.63, 3.8) is 0 Å². The summed E-state index contributed by atoms with van der Waals surface area (Å²) in [7, 11) is 3.33. The number of carbonyl (C=O) groups is 2. The molecule has 0 spiro atoms. The third-order valence-corrected chi connectivity index (χ3v) is 8.76. The van der Waals surface area contributed by atoms with Gasteiger partial charge in [0.15, 0.2) is 0 Å². The molecular weight excluding hydrogens is 581 g/mol. The Kier molecular flexibility index (Phi) is 9.42. The van der Waals surface area contributed by atoms with Crippen molar-refractivity contribution in [2.45, 2.75) is 49.8 Å². The SMILES string of the molecule is CN(C)C(=O)c1ccc(N2CCC(CC3CCN(C(=O)[C@](O)(c4ccccc4)C(F)(F)C(F)(F)F)CC3)CC2)cc1Cl. The Morgan fingerprint density at radius 2 is 1.45 bits per heavy atom. The van der Waals surface area contributed by atoms with Crippen molar-refractivity contribution in [2.75, 3.05) is 45.2 Å². The minimum atomic E-state index is -6.13. The highest BCUT2D eigenvalue weighted by atomic mass is 35.5. The summed E-state index contributed by atoms with van der Waals surface area (Å²) in [5.41, 5.74) is -3.49. The van der Waals surface area contributed by atoms with E-state index in [-0.39, 0.29) is 24.9 Å². The summed E-state index contributed by atoms with van der Waals surface area (Å²) in [6, 6.07) is 11.0. The molecule has 2 aliphatic heterocycles. The summed E-state index contributed by atoms with van der Waals surface area (Å²) in [6.07, 6.45) is -2.57. The van der Waals surface area contributed by atoms with E-state index in [0.717, 1.165) is 55.1 Å². The number of hydrogen-bond donors (Lipinski definition) is 1. The van der Waals surface area contributed by atoms with E-state index in [9.17, 15) is 36.6 Å². The van der Waals surface area contributed by atoms with E-state index in [1.807, 2.05) is 6.07 Å². The van der Waals surface area contributed by atoms with Crippen LogP contribution in [-0.4, -0.2) is 79.1 Å². The minimum Gasteiger partial charge on any atom is -0.371 e. The predicted molar refractivity (Wildman–Crippen MR) is 150 cm³/mol. The Morgan fingerprint density at radius 1 is 0.905 bits per heavy atom. The van der Waals surface area contributed by atoms with E-state index in [1.165, 1.54) is 23.1 Å². The smallest absolute Gasteiger partial charge is 0.371 e. The van der Waals surface area contributed by atoms with Crippen molar-refractivity contribution in [1.29, 1.82) is 0 Å². The molecule has 2 saturated heterocycles. The highest BCUT2D eigenvalue weighted by Crippen LogP contribution is 2.49. The van der Waals surface area contributed by atoms with Gasteiger partial charge < -0.3 is 19.8 Å². The van der Waals surface area contributed by atoms with Gasteiger partial charge in [-0.15, -0.1) is 0 Å². The third-order valence-electron chi connectivity index (χ3n) is 8.45. The number of hydrogen-bond acceptors (Lipinski definition) is 4. The van der Waals surface area contributed by atoms with Gasteiger partial charge in [0.2, 0.25) is 5.60 Å². The van der Waals surface area contributed by atoms with Crippen molar-refractivity contribution >= 4 is 29.1 Å². The number of halogens is 6. The molecule has 12 heteroatoms. The zero-order chi connectivity index (χ0) is 30.9. The molecule has 2 fully saturated rings. The maximum Gasteiger partial charge on any atom is 0.457 e. The molecule has 1 N–H and O–H groups in total. The van der Waals surface area contributed by atoms with Gasteiger partial charge >= 0.3 is 12.1 Å². The van der Waals surface area contributed by atoms with Crippen LogP contribution in [0.3, 0.4) is 0 Å². The zero-order valence-corrected chi connectivity index (χ0v) is 24.3. The van der Waals surface area contributed by atoms with E-state index in [4.69, 9.17) is 11.6 Å². The van der Waals surface area contributed by atoms with Crippen LogP contribution in [0.4, 0.5) is 27.6 Å². The van der Waals surface area contributed by atoms with Gasteiger partial charge in [0, 0.05) is 46.0 Å². The van der Waals surface area contributed by atoms with E-state index >= 15 is 0 Å². The van der Waals surface area contributed by atoms with Crippen molar-refractivity contribution < 1.29 is 36.6 Å². The summed E-state index contributed by atoms with van der Waals surface area (Å²) in [5.74, 6) is -6.91. The first-order chi connectivity index (χ1) is 19.7. The Morgan fingerprint density at radius 3 is 1.95 bits per heavy atom. The molecule has 2 aromatic rings. The second-order valence-corrected chi connectivity index (χ2v) is 11.8. The Balaban J connectivity index is 1.34.